The highest BCUT2D eigenvalue weighted by atomic mass is 15.0. The molecule has 76 valence electrons. The van der Waals surface area contributed by atoms with Crippen molar-refractivity contribution in [1.29, 1.82) is 0 Å². The lowest BCUT2D eigenvalue weighted by molar-refractivity contribution is 0.638. The number of pyridine rings is 1. The molecule has 14 heavy (non-hydrogen) atoms. The van der Waals surface area contributed by atoms with Gasteiger partial charge in [-0.05, 0) is 37.8 Å². The number of aromatic nitrogens is 1. The first-order valence-electron chi connectivity index (χ1n) is 5.44. The second-order valence-electron chi connectivity index (χ2n) is 4.35. The summed E-state index contributed by atoms with van der Waals surface area (Å²) in [6.45, 7) is 4.36. The van der Waals surface area contributed by atoms with Gasteiger partial charge in [0, 0.05) is 23.6 Å². The van der Waals surface area contributed by atoms with Gasteiger partial charge in [0.2, 0.25) is 0 Å². The lowest BCUT2D eigenvalue weighted by Gasteiger charge is -2.19. The fourth-order valence-corrected chi connectivity index (χ4v) is 1.97. The molecule has 2 heteroatoms. The molecular formula is C12H18N2. The predicted molar refractivity (Wildman–Crippen MR) is 59.5 cm³/mol. The fourth-order valence-electron chi connectivity index (χ4n) is 1.97. The molecule has 2 rings (SSSR count). The predicted octanol–water partition coefficient (Wildman–Crippen LogP) is 3.13. The quantitative estimate of drug-likeness (QED) is 0.789. The lowest BCUT2D eigenvalue weighted by Crippen LogP contribution is -2.21. The van der Waals surface area contributed by atoms with E-state index in [4.69, 9.17) is 0 Å². The first-order chi connectivity index (χ1) is 6.76. The molecule has 1 aliphatic carbocycles. The summed E-state index contributed by atoms with van der Waals surface area (Å²) in [5.74, 6) is 0. The van der Waals surface area contributed by atoms with E-state index in [1.807, 2.05) is 12.4 Å². The molecule has 1 aromatic heterocycles. The molecule has 1 heterocycles. The molecule has 0 spiro atoms. The number of aryl methyl sites for hydroxylation is 1. The number of nitrogens with zero attached hydrogens (tertiary/aromatic N) is 1. The van der Waals surface area contributed by atoms with Crippen LogP contribution in [0.1, 0.15) is 38.2 Å². The number of nitrogens with one attached hydrogen (secondary N) is 1. The van der Waals surface area contributed by atoms with Crippen LogP contribution in [0, 0.1) is 6.92 Å². The van der Waals surface area contributed by atoms with Crippen molar-refractivity contribution in [3.05, 3.63) is 24.0 Å². The van der Waals surface area contributed by atoms with Gasteiger partial charge in [0.05, 0.1) is 0 Å². The third kappa shape index (κ3) is 1.89. The third-order valence-corrected chi connectivity index (χ3v) is 3.00. The normalized spacial score (nSPS) is 17.9. The third-order valence-electron chi connectivity index (χ3n) is 3.00. The van der Waals surface area contributed by atoms with Crippen molar-refractivity contribution < 1.29 is 0 Å². The largest absolute Gasteiger partial charge is 0.379 e. The second kappa shape index (κ2) is 3.60. The highest BCUT2D eigenvalue weighted by Gasteiger charge is 2.41. The van der Waals surface area contributed by atoms with E-state index in [-0.39, 0.29) is 0 Å². The number of anilines is 1. The van der Waals surface area contributed by atoms with E-state index in [2.05, 4.69) is 30.2 Å². The summed E-state index contributed by atoms with van der Waals surface area (Å²) in [6.07, 6.45) is 8.97. The van der Waals surface area contributed by atoms with Crippen molar-refractivity contribution >= 4 is 5.69 Å². The fraction of sp³-hybridized carbons (Fsp3) is 0.583. The Morgan fingerprint density at radius 1 is 1.50 bits per heavy atom. The summed E-state index contributed by atoms with van der Waals surface area (Å²) in [5.41, 5.74) is 2.92. The smallest absolute Gasteiger partial charge is 0.0405 e. The average Bonchev–Trinajstić information content (AvgIpc) is 2.90. The number of hydrogen-bond acceptors (Lipinski definition) is 2. The SMILES string of the molecule is CCCC1(Nc2ccncc2C)CC1. The van der Waals surface area contributed by atoms with Gasteiger partial charge in [-0.2, -0.15) is 0 Å². The standard InChI is InChI=1S/C12H18N2/c1-3-5-12(6-7-12)14-11-4-8-13-9-10(11)2/h4,8-9H,3,5-7H2,1-2H3,(H,13,14). The van der Waals surface area contributed by atoms with E-state index in [0.29, 0.717) is 5.54 Å². The van der Waals surface area contributed by atoms with Crippen LogP contribution in [0.4, 0.5) is 5.69 Å². The molecule has 1 saturated carbocycles. The molecule has 0 amide bonds. The van der Waals surface area contributed by atoms with Crippen molar-refractivity contribution in [2.45, 2.75) is 45.1 Å². The molecule has 1 N–H and O–H groups in total. The zero-order valence-electron chi connectivity index (χ0n) is 9.01. The van der Waals surface area contributed by atoms with Crippen LogP contribution in [0.2, 0.25) is 0 Å². The molecule has 0 unspecified atom stereocenters. The summed E-state index contributed by atoms with van der Waals surface area (Å²) in [4.78, 5) is 4.10. The topological polar surface area (TPSA) is 24.9 Å². The summed E-state index contributed by atoms with van der Waals surface area (Å²) in [7, 11) is 0. The van der Waals surface area contributed by atoms with Crippen LogP contribution < -0.4 is 5.32 Å². The van der Waals surface area contributed by atoms with E-state index in [0.717, 1.165) is 0 Å². The first-order valence-corrected chi connectivity index (χ1v) is 5.44. The van der Waals surface area contributed by atoms with Crippen molar-refractivity contribution in [2.75, 3.05) is 5.32 Å². The van der Waals surface area contributed by atoms with Crippen LogP contribution in [0.5, 0.6) is 0 Å². The van der Waals surface area contributed by atoms with E-state index < -0.39 is 0 Å². The molecule has 1 aliphatic rings. The Morgan fingerprint density at radius 2 is 2.29 bits per heavy atom. The molecule has 0 aliphatic heterocycles. The summed E-state index contributed by atoms with van der Waals surface area (Å²) in [5, 5.41) is 3.66. The van der Waals surface area contributed by atoms with Crippen LogP contribution in [-0.4, -0.2) is 10.5 Å². The molecule has 1 aromatic rings. The zero-order valence-corrected chi connectivity index (χ0v) is 9.01. The van der Waals surface area contributed by atoms with Crippen molar-refractivity contribution in [2.24, 2.45) is 0 Å². The van der Waals surface area contributed by atoms with E-state index in [9.17, 15) is 0 Å². The first kappa shape index (κ1) is 9.50. The van der Waals surface area contributed by atoms with Crippen LogP contribution in [-0.2, 0) is 0 Å². The summed E-state index contributed by atoms with van der Waals surface area (Å²) < 4.78 is 0. The lowest BCUT2D eigenvalue weighted by atomic mass is 10.1. The Balaban J connectivity index is 2.07. The van der Waals surface area contributed by atoms with Gasteiger partial charge in [0.15, 0.2) is 0 Å². The minimum Gasteiger partial charge on any atom is -0.379 e. The van der Waals surface area contributed by atoms with E-state index >= 15 is 0 Å². The number of rotatable bonds is 4. The van der Waals surface area contributed by atoms with Gasteiger partial charge in [-0.15, -0.1) is 0 Å². The molecule has 2 nitrogen and oxygen atoms in total. The molecule has 1 fully saturated rings. The summed E-state index contributed by atoms with van der Waals surface area (Å²) >= 11 is 0. The second-order valence-corrected chi connectivity index (χ2v) is 4.35. The monoisotopic (exact) mass is 190 g/mol. The molecule has 0 saturated heterocycles. The van der Waals surface area contributed by atoms with Crippen LogP contribution in [0.15, 0.2) is 18.5 Å². The van der Waals surface area contributed by atoms with Crippen LogP contribution in [0.25, 0.3) is 0 Å². The molecular weight excluding hydrogens is 172 g/mol. The Hall–Kier alpha value is -1.05. The van der Waals surface area contributed by atoms with Gasteiger partial charge in [-0.1, -0.05) is 13.3 Å². The maximum atomic E-state index is 4.10. The molecule has 0 bridgehead atoms. The molecule has 0 aromatic carbocycles. The zero-order chi connectivity index (χ0) is 10.0. The Kier molecular flexibility index (Phi) is 2.44. The Morgan fingerprint density at radius 3 is 2.86 bits per heavy atom. The maximum absolute atomic E-state index is 4.10. The van der Waals surface area contributed by atoms with Gasteiger partial charge in [0.1, 0.15) is 0 Å². The van der Waals surface area contributed by atoms with Crippen molar-refractivity contribution in [3.8, 4) is 0 Å². The average molecular weight is 190 g/mol. The van der Waals surface area contributed by atoms with Gasteiger partial charge < -0.3 is 5.32 Å². The van der Waals surface area contributed by atoms with E-state index in [1.54, 1.807) is 0 Å². The highest BCUT2D eigenvalue weighted by molar-refractivity contribution is 5.52. The Bertz CT molecular complexity index is 316. The van der Waals surface area contributed by atoms with Crippen LogP contribution in [0.3, 0.4) is 0 Å². The Labute approximate surface area is 85.7 Å². The summed E-state index contributed by atoms with van der Waals surface area (Å²) in [6, 6.07) is 2.07. The molecule has 0 atom stereocenters. The van der Waals surface area contributed by atoms with Crippen molar-refractivity contribution in [3.63, 3.8) is 0 Å². The minimum atomic E-state index is 0.418. The highest BCUT2D eigenvalue weighted by Crippen LogP contribution is 2.43. The van der Waals surface area contributed by atoms with Crippen LogP contribution >= 0.6 is 0 Å². The minimum absolute atomic E-state index is 0.418. The van der Waals surface area contributed by atoms with Gasteiger partial charge in [0.25, 0.3) is 0 Å². The van der Waals surface area contributed by atoms with Crippen molar-refractivity contribution in [1.82, 2.24) is 4.98 Å². The van der Waals surface area contributed by atoms with Gasteiger partial charge >= 0.3 is 0 Å². The van der Waals surface area contributed by atoms with Gasteiger partial charge in [-0.25, -0.2) is 0 Å². The number of hydrogen-bond donors (Lipinski definition) is 1. The van der Waals surface area contributed by atoms with Gasteiger partial charge in [-0.3, -0.25) is 4.98 Å². The maximum Gasteiger partial charge on any atom is 0.0405 e. The molecule has 0 radical (unpaired) electrons. The van der Waals surface area contributed by atoms with E-state index in [1.165, 1.54) is 36.9 Å².